The minimum absolute atomic E-state index is 0.0800. The summed E-state index contributed by atoms with van der Waals surface area (Å²) in [4.78, 5) is 48.0. The maximum Gasteiger partial charge on any atom is 0.416 e. The molecule has 2 aliphatic heterocycles. The third-order valence-corrected chi connectivity index (χ3v) is 7.60. The van der Waals surface area contributed by atoms with Crippen LogP contribution in [0.2, 0.25) is 0 Å². The van der Waals surface area contributed by atoms with E-state index in [1.54, 1.807) is 24.3 Å². The monoisotopic (exact) mass is 578 g/mol. The number of aromatic nitrogens is 1. The summed E-state index contributed by atoms with van der Waals surface area (Å²) in [6.07, 6.45) is 5.30. The summed E-state index contributed by atoms with van der Waals surface area (Å²) in [6, 6.07) is 5.34. The first-order chi connectivity index (χ1) is 19.9. The molecule has 3 atom stereocenters. The van der Waals surface area contributed by atoms with Gasteiger partial charge in [0, 0.05) is 37.7 Å². The lowest BCUT2D eigenvalue weighted by atomic mass is 9.84. The van der Waals surface area contributed by atoms with Crippen LogP contribution in [0.25, 0.3) is 0 Å². The van der Waals surface area contributed by atoms with E-state index in [-0.39, 0.29) is 29.9 Å². The molecular weight excluding hydrogens is 549 g/mol. The highest BCUT2D eigenvalue weighted by Crippen LogP contribution is 2.39. The lowest BCUT2D eigenvalue weighted by Crippen LogP contribution is -2.42. The van der Waals surface area contributed by atoms with Crippen LogP contribution in [-0.2, 0) is 28.9 Å². The Balaban J connectivity index is 1.31. The molecule has 3 aliphatic rings. The highest BCUT2D eigenvalue weighted by Gasteiger charge is 2.36. The Bertz CT molecular complexity index is 1540. The third kappa shape index (κ3) is 6.11. The van der Waals surface area contributed by atoms with Crippen molar-refractivity contribution in [2.75, 3.05) is 0 Å². The number of carbonyl (C=O) groups excluding carboxylic acids is 2. The number of benzene rings is 1. The summed E-state index contributed by atoms with van der Waals surface area (Å²) in [5.74, 6) is -2.54. The largest absolute Gasteiger partial charge is 0.480 e. The molecule has 0 spiro atoms. The number of dihydropyridines is 1. The number of rotatable bonds is 8. The van der Waals surface area contributed by atoms with Gasteiger partial charge in [-0.1, -0.05) is 44.2 Å². The number of amides is 2. The summed E-state index contributed by atoms with van der Waals surface area (Å²) >= 11 is 0. The zero-order chi connectivity index (χ0) is 30.2. The normalized spacial score (nSPS) is 20.6. The van der Waals surface area contributed by atoms with Crippen LogP contribution >= 0.6 is 0 Å². The average Bonchev–Trinajstić information content (AvgIpc) is 3.29. The minimum Gasteiger partial charge on any atom is -0.480 e. The van der Waals surface area contributed by atoms with Gasteiger partial charge in [0.2, 0.25) is 0 Å². The van der Waals surface area contributed by atoms with Crippen LogP contribution in [0.3, 0.4) is 0 Å². The summed E-state index contributed by atoms with van der Waals surface area (Å²) < 4.78 is 39.0. The lowest BCUT2D eigenvalue weighted by molar-refractivity contribution is -0.139. The molecule has 5 rings (SSSR count). The first-order valence-corrected chi connectivity index (χ1v) is 13.5. The van der Waals surface area contributed by atoms with Crippen molar-refractivity contribution in [2.24, 2.45) is 16.8 Å². The molecule has 1 aromatic heterocycles. The SMILES string of the molecule is CC(C)[C@H]1c2ncc(C(=O)NC(CC3=CC(=O)N=C4C=CC=CC34)C(=O)O)cc2CN1Cc1ccc(C(F)(F)F)cc1. The number of pyridine rings is 1. The highest BCUT2D eigenvalue weighted by molar-refractivity contribution is 6.12. The fourth-order valence-corrected chi connectivity index (χ4v) is 5.68. The average molecular weight is 579 g/mol. The fraction of sp³-hybridized carbons (Fsp3) is 0.323. The van der Waals surface area contributed by atoms with Crippen LogP contribution in [0.4, 0.5) is 13.2 Å². The van der Waals surface area contributed by atoms with Gasteiger partial charge in [0.1, 0.15) is 6.04 Å². The zero-order valence-electron chi connectivity index (χ0n) is 22.9. The summed E-state index contributed by atoms with van der Waals surface area (Å²) in [5, 5.41) is 12.4. The topological polar surface area (TPSA) is 112 Å². The summed E-state index contributed by atoms with van der Waals surface area (Å²) in [5.41, 5.74) is 2.84. The van der Waals surface area contributed by atoms with Crippen LogP contribution < -0.4 is 5.32 Å². The van der Waals surface area contributed by atoms with E-state index < -0.39 is 35.6 Å². The Morgan fingerprint density at radius 1 is 1.17 bits per heavy atom. The van der Waals surface area contributed by atoms with Gasteiger partial charge >= 0.3 is 12.1 Å². The first-order valence-electron chi connectivity index (χ1n) is 13.5. The quantitative estimate of drug-likeness (QED) is 0.454. The zero-order valence-corrected chi connectivity index (χ0v) is 22.9. The number of hydrogen-bond acceptors (Lipinski definition) is 5. The number of hydrogen-bond donors (Lipinski definition) is 2. The maximum absolute atomic E-state index is 13.2. The Labute approximate surface area is 240 Å². The smallest absolute Gasteiger partial charge is 0.416 e. The number of aliphatic imine (C=N–C) groups is 1. The number of allylic oxidation sites excluding steroid dienone is 4. The molecule has 2 amide bonds. The van der Waals surface area contributed by atoms with Crippen LogP contribution in [0.15, 0.2) is 77.5 Å². The number of carboxylic acid groups (broad SMARTS) is 1. The second-order valence-electron chi connectivity index (χ2n) is 10.9. The second kappa shape index (κ2) is 11.5. The van der Waals surface area contributed by atoms with Gasteiger partial charge in [-0.15, -0.1) is 0 Å². The molecular formula is C31H29F3N4O4. The van der Waals surface area contributed by atoms with Crippen molar-refractivity contribution in [3.63, 3.8) is 0 Å². The van der Waals surface area contributed by atoms with Gasteiger partial charge in [-0.05, 0) is 46.9 Å². The number of aliphatic carboxylic acids is 1. The van der Waals surface area contributed by atoms with Crippen molar-refractivity contribution in [2.45, 2.75) is 51.6 Å². The maximum atomic E-state index is 13.2. The predicted octanol–water partition coefficient (Wildman–Crippen LogP) is 5.04. The van der Waals surface area contributed by atoms with E-state index in [4.69, 9.17) is 0 Å². The molecule has 0 bridgehead atoms. The Kier molecular flexibility index (Phi) is 7.96. The molecule has 1 aliphatic carbocycles. The molecule has 42 heavy (non-hydrogen) atoms. The van der Waals surface area contributed by atoms with Gasteiger partial charge in [0.15, 0.2) is 0 Å². The molecule has 0 radical (unpaired) electrons. The van der Waals surface area contributed by atoms with E-state index in [0.29, 0.717) is 24.4 Å². The molecule has 11 heteroatoms. The number of nitrogens with one attached hydrogen (secondary N) is 1. The molecule has 1 aromatic carbocycles. The van der Waals surface area contributed by atoms with Gasteiger partial charge in [-0.2, -0.15) is 13.2 Å². The van der Waals surface area contributed by atoms with E-state index >= 15 is 0 Å². The van der Waals surface area contributed by atoms with Crippen molar-refractivity contribution in [3.8, 4) is 0 Å². The van der Waals surface area contributed by atoms with E-state index in [2.05, 4.69) is 20.2 Å². The van der Waals surface area contributed by atoms with Crippen molar-refractivity contribution in [3.05, 3.63) is 100 Å². The predicted molar refractivity (Wildman–Crippen MR) is 148 cm³/mol. The van der Waals surface area contributed by atoms with E-state index in [1.807, 2.05) is 19.9 Å². The molecule has 0 saturated carbocycles. The third-order valence-electron chi connectivity index (χ3n) is 7.60. The van der Waals surface area contributed by atoms with Gasteiger partial charge in [-0.25, -0.2) is 9.79 Å². The number of halogens is 3. The Morgan fingerprint density at radius 3 is 2.57 bits per heavy atom. The molecule has 2 unspecified atom stereocenters. The molecule has 218 valence electrons. The van der Waals surface area contributed by atoms with Crippen LogP contribution in [0.1, 0.15) is 59.1 Å². The van der Waals surface area contributed by atoms with Gasteiger partial charge in [0.05, 0.1) is 28.6 Å². The minimum atomic E-state index is -4.41. The van der Waals surface area contributed by atoms with Crippen molar-refractivity contribution < 1.29 is 32.7 Å². The van der Waals surface area contributed by atoms with Gasteiger partial charge in [-0.3, -0.25) is 19.5 Å². The molecule has 0 fully saturated rings. The van der Waals surface area contributed by atoms with Gasteiger partial charge in [0.25, 0.3) is 11.8 Å². The second-order valence-corrected chi connectivity index (χ2v) is 10.9. The van der Waals surface area contributed by atoms with Crippen LogP contribution in [0, 0.1) is 11.8 Å². The number of carbonyl (C=O) groups is 3. The Morgan fingerprint density at radius 2 is 1.90 bits per heavy atom. The van der Waals surface area contributed by atoms with Crippen molar-refractivity contribution in [1.29, 1.82) is 0 Å². The van der Waals surface area contributed by atoms with E-state index in [1.165, 1.54) is 24.4 Å². The highest BCUT2D eigenvalue weighted by atomic mass is 19.4. The fourth-order valence-electron chi connectivity index (χ4n) is 5.68. The summed E-state index contributed by atoms with van der Waals surface area (Å²) in [6.45, 7) is 4.87. The summed E-state index contributed by atoms with van der Waals surface area (Å²) in [7, 11) is 0. The van der Waals surface area contributed by atoms with Crippen molar-refractivity contribution >= 4 is 23.5 Å². The van der Waals surface area contributed by atoms with Gasteiger partial charge < -0.3 is 10.4 Å². The number of carboxylic acids is 1. The lowest BCUT2D eigenvalue weighted by Gasteiger charge is -2.27. The van der Waals surface area contributed by atoms with E-state index in [0.717, 1.165) is 29.0 Å². The molecule has 2 N–H and O–H groups in total. The number of nitrogens with zero attached hydrogens (tertiary/aromatic N) is 3. The number of alkyl halides is 3. The Hall–Kier alpha value is -4.38. The standard InChI is InChI=1S/C31H29F3N4O4/c1-17(2)28-27-21(16-38(28)15-18-7-9-22(10-8-18)31(32,33)34)11-20(14-35-27)29(40)37-25(30(41)42)12-19-13-26(39)36-24-6-4-3-5-23(19)24/h3-11,13-14,17,23,25,28H,12,15-16H2,1-2H3,(H,37,40)(H,41,42)/t23?,25?,28-/m0/s1. The molecule has 8 nitrogen and oxygen atoms in total. The van der Waals surface area contributed by atoms with Crippen molar-refractivity contribution in [1.82, 2.24) is 15.2 Å². The molecule has 2 aromatic rings. The van der Waals surface area contributed by atoms with Crippen LogP contribution in [-0.4, -0.2) is 44.5 Å². The van der Waals surface area contributed by atoms with E-state index in [9.17, 15) is 32.7 Å². The molecule has 3 heterocycles. The molecule has 0 saturated heterocycles. The number of fused-ring (bicyclic) bond motifs is 2. The first kappa shape index (κ1) is 29.1. The van der Waals surface area contributed by atoms with Crippen LogP contribution in [0.5, 0.6) is 0 Å².